The molecule has 0 saturated carbocycles. The molecule has 56 heavy (non-hydrogen) atoms. The minimum Gasteiger partial charge on any atom is -0.487 e. The Morgan fingerprint density at radius 2 is 1.12 bits per heavy atom. The van der Waals surface area contributed by atoms with E-state index >= 15 is 0 Å². The van der Waals surface area contributed by atoms with Gasteiger partial charge in [0.05, 0.1) is 10.0 Å². The van der Waals surface area contributed by atoms with E-state index in [1.165, 1.54) is 11.1 Å². The molecule has 0 radical (unpaired) electrons. The van der Waals surface area contributed by atoms with Gasteiger partial charge in [-0.1, -0.05) is 94.9 Å². The second-order valence-electron chi connectivity index (χ2n) is 15.9. The van der Waals surface area contributed by atoms with Gasteiger partial charge in [-0.3, -0.25) is 0 Å². The molecule has 2 saturated heterocycles. The molecule has 0 spiro atoms. The summed E-state index contributed by atoms with van der Waals surface area (Å²) >= 11 is 24.1. The Morgan fingerprint density at radius 1 is 0.643 bits per heavy atom. The molecule has 2 aliphatic rings. The molecule has 12 heteroatoms. The molecule has 298 valence electrons. The highest BCUT2D eigenvalue weighted by molar-refractivity contribution is 6.36. The van der Waals surface area contributed by atoms with Crippen LogP contribution in [-0.4, -0.2) is 59.4 Å². The van der Waals surface area contributed by atoms with Crippen LogP contribution in [0.4, 0.5) is 9.59 Å². The lowest BCUT2D eigenvalue weighted by molar-refractivity contribution is -0.000921. The summed E-state index contributed by atoms with van der Waals surface area (Å²) in [7, 11) is 0. The van der Waals surface area contributed by atoms with Gasteiger partial charge in [0, 0.05) is 36.2 Å². The first-order valence-electron chi connectivity index (χ1n) is 18.4. The van der Waals surface area contributed by atoms with Gasteiger partial charge in [-0.2, -0.15) is 0 Å². The number of amides is 2. The molecule has 0 N–H and O–H groups in total. The predicted molar refractivity (Wildman–Crippen MR) is 225 cm³/mol. The van der Waals surface area contributed by atoms with Gasteiger partial charge < -0.3 is 28.7 Å². The van der Waals surface area contributed by atoms with E-state index < -0.39 is 11.2 Å². The summed E-state index contributed by atoms with van der Waals surface area (Å²) < 4.78 is 22.4. The van der Waals surface area contributed by atoms with E-state index in [1.54, 1.807) is 46.2 Å². The molecule has 4 aromatic carbocycles. The molecule has 0 aromatic heterocycles. The Labute approximate surface area is 350 Å². The van der Waals surface area contributed by atoms with Gasteiger partial charge in [-0.25, -0.2) is 9.59 Å². The van der Waals surface area contributed by atoms with Crippen molar-refractivity contribution in [1.82, 2.24) is 9.80 Å². The number of rotatable bonds is 9. The minimum atomic E-state index is -0.474. The maximum Gasteiger partial charge on any atom is 0.410 e. The molecular formula is C44H48Cl4N2O6. The molecule has 2 amide bonds. The molecule has 4 aromatic rings. The van der Waals surface area contributed by atoms with Crippen LogP contribution in [0.3, 0.4) is 0 Å². The van der Waals surface area contributed by atoms with Crippen LogP contribution in [0.15, 0.2) is 90.5 Å². The van der Waals surface area contributed by atoms with Crippen LogP contribution in [0, 0.1) is 5.92 Å². The first-order chi connectivity index (χ1) is 26.4. The maximum atomic E-state index is 12.0. The number of carbonyl (C=O) groups is 2. The van der Waals surface area contributed by atoms with Gasteiger partial charge >= 0.3 is 12.2 Å². The van der Waals surface area contributed by atoms with Crippen molar-refractivity contribution in [2.45, 2.75) is 72.4 Å². The van der Waals surface area contributed by atoms with Crippen molar-refractivity contribution in [2.24, 2.45) is 5.92 Å². The lowest BCUT2D eigenvalue weighted by Crippen LogP contribution is -2.52. The third kappa shape index (κ3) is 13.5. The zero-order valence-corrected chi connectivity index (χ0v) is 35.6. The largest absolute Gasteiger partial charge is 0.487 e. The number of ether oxygens (including phenoxy) is 4. The second-order valence-corrected chi connectivity index (χ2v) is 17.6. The summed E-state index contributed by atoms with van der Waals surface area (Å²) in [6.07, 6.45) is 2.52. The first kappa shape index (κ1) is 43.1. The van der Waals surface area contributed by atoms with Gasteiger partial charge in [-0.15, -0.1) is 0 Å². The van der Waals surface area contributed by atoms with Crippen molar-refractivity contribution >= 4 is 64.7 Å². The van der Waals surface area contributed by atoms with Crippen molar-refractivity contribution in [1.29, 1.82) is 0 Å². The van der Waals surface area contributed by atoms with E-state index in [4.69, 9.17) is 65.4 Å². The molecule has 0 unspecified atom stereocenters. The zero-order valence-electron chi connectivity index (χ0n) is 32.5. The van der Waals surface area contributed by atoms with Crippen molar-refractivity contribution in [2.75, 3.05) is 26.2 Å². The van der Waals surface area contributed by atoms with Crippen molar-refractivity contribution < 1.29 is 28.5 Å². The van der Waals surface area contributed by atoms with Crippen molar-refractivity contribution in [3.63, 3.8) is 0 Å². The fourth-order valence-corrected chi connectivity index (χ4v) is 6.79. The molecule has 2 heterocycles. The lowest BCUT2D eigenvalue weighted by Gasteiger charge is -2.40. The molecule has 0 aliphatic carbocycles. The van der Waals surface area contributed by atoms with Crippen LogP contribution < -0.4 is 9.47 Å². The fraction of sp³-hybridized carbons (Fsp3) is 0.364. The summed E-state index contributed by atoms with van der Waals surface area (Å²) in [6.45, 7) is 14.7. The Bertz CT molecular complexity index is 2030. The number of nitrogens with zero attached hydrogens (tertiary/aromatic N) is 2. The highest BCUT2D eigenvalue weighted by Crippen LogP contribution is 2.30. The number of hydrogen-bond acceptors (Lipinski definition) is 6. The Balaban J connectivity index is 0.000000214. The average molecular weight is 843 g/mol. The Hall–Kier alpha value is -4.08. The molecular weight excluding hydrogens is 794 g/mol. The molecule has 2 aliphatic heterocycles. The van der Waals surface area contributed by atoms with Crippen molar-refractivity contribution in [3.05, 3.63) is 133 Å². The van der Waals surface area contributed by atoms with Crippen molar-refractivity contribution in [3.8, 4) is 11.5 Å². The van der Waals surface area contributed by atoms with E-state index in [1.807, 2.05) is 71.9 Å². The highest BCUT2D eigenvalue weighted by atomic mass is 35.5. The monoisotopic (exact) mass is 840 g/mol. The SMILES string of the molecule is CC(C)(C)OC(=O)N1CC(=Cc2cccc(COc3ccc(Cl)cc3Cl)c2)C1.CC(C)(C)OC(=O)N1CC(Cc2cccc(COc3ccc(Cl)cc3Cl)c2)C1. The van der Waals surface area contributed by atoms with Crippen LogP contribution in [0.25, 0.3) is 6.08 Å². The second kappa shape index (κ2) is 18.9. The van der Waals surface area contributed by atoms with Crippen LogP contribution in [0.2, 0.25) is 20.1 Å². The van der Waals surface area contributed by atoms with Crippen LogP contribution in [0.5, 0.6) is 11.5 Å². The van der Waals surface area contributed by atoms with Crippen LogP contribution in [-0.2, 0) is 29.1 Å². The third-order valence-corrected chi connectivity index (χ3v) is 9.52. The number of carbonyl (C=O) groups excluding carboxylic acids is 2. The van der Waals surface area contributed by atoms with Crippen LogP contribution in [0.1, 0.15) is 63.8 Å². The molecule has 6 rings (SSSR count). The summed E-state index contributed by atoms with van der Waals surface area (Å²) in [4.78, 5) is 27.5. The fourth-order valence-electron chi connectivity index (χ4n) is 5.86. The number of hydrogen-bond donors (Lipinski definition) is 0. The van der Waals surface area contributed by atoms with E-state index in [0.717, 1.165) is 36.2 Å². The number of benzene rings is 4. The van der Waals surface area contributed by atoms with Gasteiger partial charge in [0.15, 0.2) is 0 Å². The average Bonchev–Trinajstić information content (AvgIpc) is 3.06. The predicted octanol–water partition coefficient (Wildman–Crippen LogP) is 12.2. The first-order valence-corrected chi connectivity index (χ1v) is 19.9. The highest BCUT2D eigenvalue weighted by Gasteiger charge is 2.33. The topological polar surface area (TPSA) is 77.5 Å². The third-order valence-electron chi connectivity index (χ3n) is 8.46. The van der Waals surface area contributed by atoms with E-state index in [-0.39, 0.29) is 12.2 Å². The smallest absolute Gasteiger partial charge is 0.410 e. The zero-order chi connectivity index (χ0) is 40.6. The molecule has 2 fully saturated rings. The number of halogens is 4. The van der Waals surface area contributed by atoms with E-state index in [0.29, 0.717) is 63.8 Å². The summed E-state index contributed by atoms with van der Waals surface area (Å²) in [5, 5.41) is 2.15. The standard InChI is InChI=1S/C22H25Cl2NO3.C22H23Cl2NO3/c2*1-22(2,3)28-21(26)25-12-17(13-25)10-15-5-4-6-16(9-15)14-27-20-8-7-18(23)11-19(20)24/h4-9,11,17H,10,12-14H2,1-3H3;4-11H,12-14H2,1-3H3. The minimum absolute atomic E-state index is 0.231. The van der Waals surface area contributed by atoms with Gasteiger partial charge in [0.2, 0.25) is 0 Å². The van der Waals surface area contributed by atoms with Gasteiger partial charge in [0.25, 0.3) is 0 Å². The quantitative estimate of drug-likeness (QED) is 0.167. The van der Waals surface area contributed by atoms with Crippen LogP contribution >= 0.6 is 46.4 Å². The van der Waals surface area contributed by atoms with E-state index in [9.17, 15) is 9.59 Å². The summed E-state index contributed by atoms with van der Waals surface area (Å²) in [6, 6.07) is 26.7. The van der Waals surface area contributed by atoms with Gasteiger partial charge in [0.1, 0.15) is 35.9 Å². The lowest BCUT2D eigenvalue weighted by atomic mass is 9.92. The molecule has 0 atom stereocenters. The van der Waals surface area contributed by atoms with Gasteiger partial charge in [-0.05, 0) is 124 Å². The molecule has 8 nitrogen and oxygen atoms in total. The number of likely N-dealkylation sites (tertiary alicyclic amines) is 2. The van der Waals surface area contributed by atoms with E-state index in [2.05, 4.69) is 24.3 Å². The Kier molecular flexibility index (Phi) is 14.5. The molecule has 0 bridgehead atoms. The maximum absolute atomic E-state index is 12.0. The summed E-state index contributed by atoms with van der Waals surface area (Å²) in [5.41, 5.74) is 4.67. The normalized spacial score (nSPS) is 14.1. The summed E-state index contributed by atoms with van der Waals surface area (Å²) in [5.74, 6) is 1.67. The Morgan fingerprint density at radius 3 is 1.64 bits per heavy atom.